The van der Waals surface area contributed by atoms with E-state index in [4.69, 9.17) is 23.2 Å². The molecule has 36 heavy (non-hydrogen) atoms. The maximum atomic E-state index is 12.2. The Balaban J connectivity index is 0.000000362. The van der Waals surface area contributed by atoms with E-state index in [1.54, 1.807) is 29.0 Å². The number of halogens is 8. The number of carbonyl (C=O) groups excluding carboxylic acids is 2. The average Bonchev–Trinajstić information content (AvgIpc) is 2.71. The molecule has 0 bridgehead atoms. The number of benzene rings is 2. The first-order valence-electron chi connectivity index (χ1n) is 9.34. The second-order valence-corrected chi connectivity index (χ2v) is 10.8. The van der Waals surface area contributed by atoms with Crippen molar-refractivity contribution in [1.29, 1.82) is 0 Å². The van der Waals surface area contributed by atoms with Crippen molar-refractivity contribution in [1.82, 2.24) is 0 Å². The fourth-order valence-corrected chi connectivity index (χ4v) is 4.30. The second-order valence-electron chi connectivity index (χ2n) is 6.95. The standard InChI is InChI=1S/C10H9ClF3NO3S.C10H9ClF3NOS/c1-19(17,18)5-6-3-2-4-7(11)8(6)15-9(16)10(12,13)14;1-17-5-6-3-2-4-7(11)8(6)15-9(16)10(12,13)14/h2-4H,5H2,1H3,(H,15,16);2-4H,5H2,1H3,(H,15,16). The van der Waals surface area contributed by atoms with Gasteiger partial charge in [-0.05, 0) is 29.5 Å². The van der Waals surface area contributed by atoms with Crippen LogP contribution in [0.15, 0.2) is 36.4 Å². The highest BCUT2D eigenvalue weighted by molar-refractivity contribution is 7.97. The van der Waals surface area contributed by atoms with Gasteiger partial charge in [-0.2, -0.15) is 38.1 Å². The van der Waals surface area contributed by atoms with Crippen LogP contribution in [0.2, 0.25) is 10.0 Å². The van der Waals surface area contributed by atoms with Gasteiger partial charge in [0.25, 0.3) is 0 Å². The Hall–Kier alpha value is -2.16. The average molecular weight is 599 g/mol. The van der Waals surface area contributed by atoms with E-state index < -0.39 is 39.8 Å². The van der Waals surface area contributed by atoms with Gasteiger partial charge in [-0.3, -0.25) is 9.59 Å². The molecule has 0 aliphatic heterocycles. The summed E-state index contributed by atoms with van der Waals surface area (Å²) in [5.74, 6) is -4.29. The Morgan fingerprint density at radius 3 is 1.58 bits per heavy atom. The highest BCUT2D eigenvalue weighted by Crippen LogP contribution is 2.31. The van der Waals surface area contributed by atoms with Crippen molar-refractivity contribution in [2.75, 3.05) is 23.1 Å². The highest BCUT2D eigenvalue weighted by atomic mass is 35.5. The first-order valence-corrected chi connectivity index (χ1v) is 13.6. The SMILES string of the molecule is CS(=O)(=O)Cc1cccc(Cl)c1NC(=O)C(F)(F)F.CSCc1cccc(Cl)c1NC(=O)C(F)(F)F. The van der Waals surface area contributed by atoms with E-state index in [9.17, 15) is 44.3 Å². The Kier molecular flexibility index (Phi) is 11.4. The van der Waals surface area contributed by atoms with Crippen molar-refractivity contribution >= 4 is 68.0 Å². The Bertz CT molecular complexity index is 1210. The highest BCUT2D eigenvalue weighted by Gasteiger charge is 2.40. The molecule has 0 fully saturated rings. The van der Waals surface area contributed by atoms with Crippen LogP contribution in [0.4, 0.5) is 37.7 Å². The molecule has 2 aromatic rings. The number of hydrogen-bond donors (Lipinski definition) is 2. The van der Waals surface area contributed by atoms with Crippen molar-refractivity contribution in [2.45, 2.75) is 23.9 Å². The third-order valence-corrected chi connectivity index (χ3v) is 5.97. The van der Waals surface area contributed by atoms with Crippen LogP contribution in [0.3, 0.4) is 0 Å². The molecule has 0 saturated heterocycles. The van der Waals surface area contributed by atoms with Crippen LogP contribution in [0.5, 0.6) is 0 Å². The first kappa shape index (κ1) is 31.9. The third kappa shape index (κ3) is 10.4. The number of amides is 2. The van der Waals surface area contributed by atoms with E-state index in [1.807, 2.05) is 0 Å². The lowest BCUT2D eigenvalue weighted by Crippen LogP contribution is -2.30. The second kappa shape index (κ2) is 12.9. The quantitative estimate of drug-likeness (QED) is 0.393. The van der Waals surface area contributed by atoms with Crippen LogP contribution in [0, 0.1) is 0 Å². The zero-order chi connectivity index (χ0) is 27.9. The smallest absolute Gasteiger partial charge is 0.317 e. The summed E-state index contributed by atoms with van der Waals surface area (Å²) in [7, 11) is -3.48. The summed E-state index contributed by atoms with van der Waals surface area (Å²) < 4.78 is 95.2. The van der Waals surface area contributed by atoms with Gasteiger partial charge < -0.3 is 10.6 Å². The van der Waals surface area contributed by atoms with E-state index in [0.29, 0.717) is 11.3 Å². The number of nitrogens with one attached hydrogen (secondary N) is 2. The predicted molar refractivity (Wildman–Crippen MR) is 128 cm³/mol. The van der Waals surface area contributed by atoms with Gasteiger partial charge in [0, 0.05) is 12.0 Å². The van der Waals surface area contributed by atoms with Crippen molar-refractivity contribution < 1.29 is 44.3 Å². The molecular formula is C20H18Cl2F6N2O4S2. The minimum atomic E-state index is -5.08. The summed E-state index contributed by atoms with van der Waals surface area (Å²) >= 11 is 12.9. The fraction of sp³-hybridized carbons (Fsp3) is 0.300. The maximum Gasteiger partial charge on any atom is 0.471 e. The van der Waals surface area contributed by atoms with Gasteiger partial charge >= 0.3 is 24.2 Å². The third-order valence-electron chi connectivity index (χ3n) is 3.91. The Morgan fingerprint density at radius 1 is 0.833 bits per heavy atom. The van der Waals surface area contributed by atoms with Gasteiger partial charge in [0.1, 0.15) is 0 Å². The number of anilines is 2. The lowest BCUT2D eigenvalue weighted by atomic mass is 10.2. The monoisotopic (exact) mass is 598 g/mol. The molecule has 6 nitrogen and oxygen atoms in total. The number of sulfone groups is 1. The van der Waals surface area contributed by atoms with Gasteiger partial charge in [0.2, 0.25) is 0 Å². The van der Waals surface area contributed by atoms with E-state index in [1.165, 1.54) is 36.0 Å². The predicted octanol–water partition coefficient (Wildman–Crippen LogP) is 6.09. The van der Waals surface area contributed by atoms with Crippen molar-refractivity contribution in [3.63, 3.8) is 0 Å². The Labute approximate surface area is 216 Å². The molecule has 16 heteroatoms. The molecule has 0 heterocycles. The summed E-state index contributed by atoms with van der Waals surface area (Å²) in [6, 6.07) is 8.58. The molecule has 0 aromatic heterocycles. The summed E-state index contributed by atoms with van der Waals surface area (Å²) in [5.41, 5.74) is 0.220. The van der Waals surface area contributed by atoms with Crippen LogP contribution in [-0.4, -0.2) is 45.1 Å². The lowest BCUT2D eigenvalue weighted by molar-refractivity contribution is -0.167. The van der Waals surface area contributed by atoms with E-state index >= 15 is 0 Å². The maximum absolute atomic E-state index is 12.2. The number of rotatable bonds is 6. The molecule has 0 saturated carbocycles. The summed E-state index contributed by atoms with van der Waals surface area (Å²) in [6.45, 7) is 0. The van der Waals surface area contributed by atoms with E-state index in [0.717, 1.165) is 6.26 Å². The molecular weight excluding hydrogens is 581 g/mol. The van der Waals surface area contributed by atoms with Crippen LogP contribution < -0.4 is 10.6 Å². The van der Waals surface area contributed by atoms with Crippen LogP contribution >= 0.6 is 35.0 Å². The zero-order valence-electron chi connectivity index (χ0n) is 18.4. The molecule has 2 rings (SSSR count). The minimum absolute atomic E-state index is 0.00685. The van der Waals surface area contributed by atoms with Crippen LogP contribution in [0.25, 0.3) is 0 Å². The van der Waals surface area contributed by atoms with Crippen LogP contribution in [-0.2, 0) is 30.9 Å². The van der Waals surface area contributed by atoms with E-state index in [2.05, 4.69) is 0 Å². The van der Waals surface area contributed by atoms with Gasteiger partial charge in [-0.15, -0.1) is 0 Å². The van der Waals surface area contributed by atoms with Gasteiger partial charge in [-0.1, -0.05) is 47.5 Å². The van der Waals surface area contributed by atoms with Crippen molar-refractivity contribution in [2.24, 2.45) is 0 Å². The summed E-state index contributed by atoms with van der Waals surface area (Å²) in [5, 5.41) is 3.30. The number of thioether (sulfide) groups is 1. The summed E-state index contributed by atoms with van der Waals surface area (Å²) in [6.07, 6.45) is -7.28. The van der Waals surface area contributed by atoms with Gasteiger partial charge in [0.05, 0.1) is 27.2 Å². The minimum Gasteiger partial charge on any atom is -0.317 e. The van der Waals surface area contributed by atoms with Crippen molar-refractivity contribution in [3.8, 4) is 0 Å². The normalized spacial score (nSPS) is 11.8. The Morgan fingerprint density at radius 2 is 1.22 bits per heavy atom. The summed E-state index contributed by atoms with van der Waals surface area (Å²) in [4.78, 5) is 21.7. The molecule has 200 valence electrons. The molecule has 0 atom stereocenters. The molecule has 0 spiro atoms. The number of carbonyl (C=O) groups is 2. The topological polar surface area (TPSA) is 92.3 Å². The lowest BCUT2D eigenvalue weighted by Gasteiger charge is -2.13. The first-order chi connectivity index (χ1) is 16.4. The van der Waals surface area contributed by atoms with Crippen LogP contribution in [0.1, 0.15) is 11.1 Å². The molecule has 2 aromatic carbocycles. The number of hydrogen-bond acceptors (Lipinski definition) is 5. The molecule has 0 aliphatic rings. The zero-order valence-corrected chi connectivity index (χ0v) is 21.5. The van der Waals surface area contributed by atoms with Crippen molar-refractivity contribution in [3.05, 3.63) is 57.6 Å². The molecule has 0 aliphatic carbocycles. The largest absolute Gasteiger partial charge is 0.471 e. The van der Waals surface area contributed by atoms with E-state index in [-0.39, 0.29) is 27.0 Å². The molecule has 2 amide bonds. The van der Waals surface area contributed by atoms with Gasteiger partial charge in [0.15, 0.2) is 9.84 Å². The molecule has 0 unspecified atom stereocenters. The number of alkyl halides is 6. The molecule has 0 radical (unpaired) electrons. The fourth-order valence-electron chi connectivity index (χ4n) is 2.46. The molecule has 2 N–H and O–H groups in total. The van der Waals surface area contributed by atoms with Gasteiger partial charge in [-0.25, -0.2) is 8.42 Å². The number of para-hydroxylation sites is 2.